The minimum atomic E-state index is 0.561. The Balaban J connectivity index is 2.07. The van der Waals surface area contributed by atoms with Crippen molar-refractivity contribution >= 4 is 11.3 Å². The molecule has 17 heavy (non-hydrogen) atoms. The van der Waals surface area contributed by atoms with Gasteiger partial charge in [-0.05, 0) is 23.4 Å². The Morgan fingerprint density at radius 2 is 2.06 bits per heavy atom. The van der Waals surface area contributed by atoms with Gasteiger partial charge in [0.25, 0.3) is 0 Å². The minimum absolute atomic E-state index is 0.561. The van der Waals surface area contributed by atoms with Crippen LogP contribution in [-0.2, 0) is 11.3 Å². The van der Waals surface area contributed by atoms with E-state index in [1.807, 2.05) is 12.1 Å². The zero-order valence-corrected chi connectivity index (χ0v) is 10.9. The Morgan fingerprint density at radius 3 is 2.76 bits per heavy atom. The van der Waals surface area contributed by atoms with Crippen LogP contribution in [0.5, 0.6) is 0 Å². The SMILES string of the molecule is CC(C)COCc1sccc1-c1ncccn1. The second-order valence-corrected chi connectivity index (χ2v) is 5.24. The van der Waals surface area contributed by atoms with Crippen LogP contribution in [0.25, 0.3) is 11.4 Å². The zero-order chi connectivity index (χ0) is 12.1. The van der Waals surface area contributed by atoms with Gasteiger partial charge in [-0.25, -0.2) is 9.97 Å². The molecule has 0 unspecified atom stereocenters. The number of rotatable bonds is 5. The van der Waals surface area contributed by atoms with Crippen molar-refractivity contribution in [3.05, 3.63) is 34.8 Å². The summed E-state index contributed by atoms with van der Waals surface area (Å²) in [6, 6.07) is 3.87. The molecule has 2 aromatic heterocycles. The van der Waals surface area contributed by atoms with Crippen LogP contribution in [0.4, 0.5) is 0 Å². The third kappa shape index (κ3) is 3.35. The van der Waals surface area contributed by atoms with E-state index >= 15 is 0 Å². The maximum atomic E-state index is 5.66. The van der Waals surface area contributed by atoms with Crippen LogP contribution in [0, 0.1) is 5.92 Å². The first kappa shape index (κ1) is 12.2. The van der Waals surface area contributed by atoms with Gasteiger partial charge < -0.3 is 4.74 Å². The summed E-state index contributed by atoms with van der Waals surface area (Å²) in [5.74, 6) is 1.34. The number of aromatic nitrogens is 2. The molecule has 2 heterocycles. The first-order chi connectivity index (χ1) is 8.27. The summed E-state index contributed by atoms with van der Waals surface area (Å²) in [5.41, 5.74) is 1.08. The van der Waals surface area contributed by atoms with Crippen molar-refractivity contribution in [3.8, 4) is 11.4 Å². The lowest BCUT2D eigenvalue weighted by atomic mass is 10.2. The average Bonchev–Trinajstić information content (AvgIpc) is 2.78. The second-order valence-electron chi connectivity index (χ2n) is 4.24. The van der Waals surface area contributed by atoms with Gasteiger partial charge in [0, 0.05) is 29.4 Å². The molecule has 0 aliphatic heterocycles. The molecule has 0 fully saturated rings. The molecule has 0 aromatic carbocycles. The number of ether oxygens (including phenoxy) is 1. The van der Waals surface area contributed by atoms with Crippen LogP contribution in [0.15, 0.2) is 29.9 Å². The molecule has 90 valence electrons. The first-order valence-corrected chi connectivity index (χ1v) is 6.57. The van der Waals surface area contributed by atoms with E-state index < -0.39 is 0 Å². The maximum absolute atomic E-state index is 5.66. The van der Waals surface area contributed by atoms with Crippen LogP contribution in [0.3, 0.4) is 0 Å². The van der Waals surface area contributed by atoms with Crippen LogP contribution in [-0.4, -0.2) is 16.6 Å². The van der Waals surface area contributed by atoms with E-state index in [0.717, 1.165) is 18.0 Å². The third-order valence-corrected chi connectivity index (χ3v) is 3.13. The van der Waals surface area contributed by atoms with Crippen molar-refractivity contribution < 1.29 is 4.74 Å². The molecule has 0 saturated heterocycles. The van der Waals surface area contributed by atoms with Crippen molar-refractivity contribution in [3.63, 3.8) is 0 Å². The van der Waals surface area contributed by atoms with Crippen LogP contribution in [0.1, 0.15) is 18.7 Å². The molecule has 2 aromatic rings. The number of nitrogens with zero attached hydrogens (tertiary/aromatic N) is 2. The number of hydrogen-bond acceptors (Lipinski definition) is 4. The Morgan fingerprint density at radius 1 is 1.29 bits per heavy atom. The van der Waals surface area contributed by atoms with E-state index in [9.17, 15) is 0 Å². The van der Waals surface area contributed by atoms with Gasteiger partial charge in [0.1, 0.15) is 0 Å². The van der Waals surface area contributed by atoms with Crippen molar-refractivity contribution in [2.45, 2.75) is 20.5 Å². The molecule has 4 heteroatoms. The molecule has 0 amide bonds. The van der Waals surface area contributed by atoms with Crippen molar-refractivity contribution in [2.24, 2.45) is 5.92 Å². The summed E-state index contributed by atoms with van der Waals surface area (Å²) in [5, 5.41) is 2.06. The predicted molar refractivity (Wildman–Crippen MR) is 69.8 cm³/mol. The lowest BCUT2D eigenvalue weighted by Crippen LogP contribution is -2.01. The predicted octanol–water partition coefficient (Wildman–Crippen LogP) is 3.38. The van der Waals surface area contributed by atoms with Gasteiger partial charge in [0.15, 0.2) is 5.82 Å². The summed E-state index contributed by atoms with van der Waals surface area (Å²) >= 11 is 1.69. The Labute approximate surface area is 106 Å². The van der Waals surface area contributed by atoms with E-state index in [1.54, 1.807) is 23.7 Å². The van der Waals surface area contributed by atoms with Gasteiger partial charge in [-0.2, -0.15) is 0 Å². The topological polar surface area (TPSA) is 35.0 Å². The van der Waals surface area contributed by atoms with Gasteiger partial charge in [0.2, 0.25) is 0 Å². The largest absolute Gasteiger partial charge is 0.376 e. The first-order valence-electron chi connectivity index (χ1n) is 5.69. The molecular weight excluding hydrogens is 232 g/mol. The number of hydrogen-bond donors (Lipinski definition) is 0. The van der Waals surface area contributed by atoms with Crippen molar-refractivity contribution in [1.82, 2.24) is 9.97 Å². The molecule has 2 rings (SSSR count). The highest BCUT2D eigenvalue weighted by Crippen LogP contribution is 2.26. The molecule has 3 nitrogen and oxygen atoms in total. The van der Waals surface area contributed by atoms with E-state index in [-0.39, 0.29) is 0 Å². The number of thiophene rings is 1. The Bertz CT molecular complexity index is 453. The standard InChI is InChI=1S/C13H16N2OS/c1-10(2)8-16-9-12-11(4-7-17-12)13-14-5-3-6-15-13/h3-7,10H,8-9H2,1-2H3. The monoisotopic (exact) mass is 248 g/mol. The zero-order valence-electron chi connectivity index (χ0n) is 10.1. The summed E-state index contributed by atoms with van der Waals surface area (Å²) < 4.78 is 5.66. The summed E-state index contributed by atoms with van der Waals surface area (Å²) in [4.78, 5) is 9.72. The lowest BCUT2D eigenvalue weighted by molar-refractivity contribution is 0.0992. The van der Waals surface area contributed by atoms with Gasteiger partial charge in [-0.3, -0.25) is 0 Å². The van der Waals surface area contributed by atoms with Gasteiger partial charge >= 0.3 is 0 Å². The molecule has 0 saturated carbocycles. The highest BCUT2D eigenvalue weighted by Gasteiger charge is 2.09. The smallest absolute Gasteiger partial charge is 0.160 e. The van der Waals surface area contributed by atoms with Crippen molar-refractivity contribution in [2.75, 3.05) is 6.61 Å². The molecule has 0 radical (unpaired) electrons. The minimum Gasteiger partial charge on any atom is -0.376 e. The van der Waals surface area contributed by atoms with Crippen LogP contribution < -0.4 is 0 Å². The molecule has 0 aliphatic rings. The molecule has 0 aliphatic carbocycles. The molecule has 0 N–H and O–H groups in total. The molecule has 0 bridgehead atoms. The van der Waals surface area contributed by atoms with E-state index in [4.69, 9.17) is 4.74 Å². The van der Waals surface area contributed by atoms with Crippen LogP contribution in [0.2, 0.25) is 0 Å². The van der Waals surface area contributed by atoms with Crippen LogP contribution >= 0.6 is 11.3 Å². The normalized spacial score (nSPS) is 11.0. The fourth-order valence-electron chi connectivity index (χ4n) is 1.48. The fraction of sp³-hybridized carbons (Fsp3) is 0.385. The van der Waals surface area contributed by atoms with E-state index in [0.29, 0.717) is 12.5 Å². The average molecular weight is 248 g/mol. The Hall–Kier alpha value is -1.26. The highest BCUT2D eigenvalue weighted by atomic mass is 32.1. The summed E-state index contributed by atoms with van der Waals surface area (Å²) in [6.45, 7) is 5.72. The Kier molecular flexibility index (Phi) is 4.23. The molecule has 0 atom stereocenters. The lowest BCUT2D eigenvalue weighted by Gasteiger charge is -2.06. The highest BCUT2D eigenvalue weighted by molar-refractivity contribution is 7.10. The van der Waals surface area contributed by atoms with E-state index in [2.05, 4.69) is 29.2 Å². The van der Waals surface area contributed by atoms with Gasteiger partial charge in [-0.1, -0.05) is 13.8 Å². The maximum Gasteiger partial charge on any atom is 0.160 e. The second kappa shape index (κ2) is 5.89. The van der Waals surface area contributed by atoms with Crippen molar-refractivity contribution in [1.29, 1.82) is 0 Å². The fourth-order valence-corrected chi connectivity index (χ4v) is 2.28. The quantitative estimate of drug-likeness (QED) is 0.813. The molecule has 0 spiro atoms. The van der Waals surface area contributed by atoms with Gasteiger partial charge in [-0.15, -0.1) is 11.3 Å². The van der Waals surface area contributed by atoms with E-state index in [1.165, 1.54) is 4.88 Å². The summed E-state index contributed by atoms with van der Waals surface area (Å²) in [7, 11) is 0. The summed E-state index contributed by atoms with van der Waals surface area (Å²) in [6.07, 6.45) is 3.53. The van der Waals surface area contributed by atoms with Gasteiger partial charge in [0.05, 0.1) is 6.61 Å². The molecular formula is C13H16N2OS. The third-order valence-electron chi connectivity index (χ3n) is 2.24.